The number of nitrogens with zero attached hydrogens (tertiary/aromatic N) is 1. The number of aromatic amines is 1. The van der Waals surface area contributed by atoms with Crippen molar-refractivity contribution in [1.82, 2.24) is 15.8 Å². The van der Waals surface area contributed by atoms with Gasteiger partial charge in [-0.15, -0.1) is 0 Å². The Morgan fingerprint density at radius 2 is 1.74 bits per heavy atom. The largest absolute Gasteiger partial charge is 0.477 e. The average Bonchev–Trinajstić information content (AvgIpc) is 3.08. The zero-order chi connectivity index (χ0) is 19.2. The van der Waals surface area contributed by atoms with Crippen LogP contribution in [-0.2, 0) is 16.0 Å². The van der Waals surface area contributed by atoms with E-state index in [9.17, 15) is 19.7 Å². The molecule has 2 aromatic carbocycles. The molecular formula is C18H16N4O5. The number of benzene rings is 2. The molecular weight excluding hydrogens is 352 g/mol. The molecule has 1 heterocycles. The van der Waals surface area contributed by atoms with Gasteiger partial charge in [-0.3, -0.25) is 30.6 Å². The van der Waals surface area contributed by atoms with Gasteiger partial charge in [-0.05, 0) is 17.7 Å². The maximum Gasteiger partial charge on any atom is 0.310 e. The zero-order valence-corrected chi connectivity index (χ0v) is 14.1. The quantitative estimate of drug-likeness (QED) is 0.452. The first kappa shape index (κ1) is 17.9. The van der Waals surface area contributed by atoms with Crippen LogP contribution in [0.4, 0.5) is 5.69 Å². The molecule has 0 saturated carbocycles. The summed E-state index contributed by atoms with van der Waals surface area (Å²) in [6.07, 6.45) is 1.82. The number of H-pyrrole nitrogens is 1. The van der Waals surface area contributed by atoms with Crippen LogP contribution in [0.15, 0.2) is 54.7 Å². The topological polar surface area (TPSA) is 126 Å². The molecule has 9 nitrogen and oxygen atoms in total. The third-order valence-corrected chi connectivity index (χ3v) is 3.79. The van der Waals surface area contributed by atoms with Crippen LogP contribution in [0.3, 0.4) is 0 Å². The van der Waals surface area contributed by atoms with E-state index in [4.69, 9.17) is 4.74 Å². The number of hydrazine groups is 1. The highest BCUT2D eigenvalue weighted by molar-refractivity contribution is 5.89. The lowest BCUT2D eigenvalue weighted by Gasteiger charge is -2.09. The summed E-state index contributed by atoms with van der Waals surface area (Å²) in [5, 5.41) is 11.8. The second-order valence-electron chi connectivity index (χ2n) is 5.65. The SMILES string of the molecule is O=C(COc1ccccc1[N+](=O)[O-])NNC(=O)Cc1c[nH]c2ccccc12. The maximum absolute atomic E-state index is 12.0. The molecule has 0 unspecified atom stereocenters. The van der Waals surface area contributed by atoms with E-state index in [0.29, 0.717) is 0 Å². The number of aromatic nitrogens is 1. The van der Waals surface area contributed by atoms with Crippen molar-refractivity contribution in [2.75, 3.05) is 6.61 Å². The summed E-state index contributed by atoms with van der Waals surface area (Å²) in [4.78, 5) is 37.2. The highest BCUT2D eigenvalue weighted by atomic mass is 16.6. The highest BCUT2D eigenvalue weighted by Gasteiger charge is 2.15. The molecule has 0 saturated heterocycles. The van der Waals surface area contributed by atoms with Crippen molar-refractivity contribution in [1.29, 1.82) is 0 Å². The molecule has 0 fully saturated rings. The Morgan fingerprint density at radius 1 is 1.04 bits per heavy atom. The number of ether oxygens (including phenoxy) is 1. The van der Waals surface area contributed by atoms with E-state index < -0.39 is 23.3 Å². The van der Waals surface area contributed by atoms with Crippen molar-refractivity contribution in [2.24, 2.45) is 0 Å². The van der Waals surface area contributed by atoms with Gasteiger partial charge in [-0.1, -0.05) is 30.3 Å². The Kier molecular flexibility index (Phi) is 5.31. The molecule has 9 heteroatoms. The first-order valence-electron chi connectivity index (χ1n) is 8.03. The first-order valence-corrected chi connectivity index (χ1v) is 8.03. The number of nitro groups is 1. The van der Waals surface area contributed by atoms with E-state index in [-0.39, 0.29) is 17.9 Å². The Labute approximate surface area is 153 Å². The molecule has 138 valence electrons. The van der Waals surface area contributed by atoms with Crippen molar-refractivity contribution >= 4 is 28.4 Å². The summed E-state index contributed by atoms with van der Waals surface area (Å²) >= 11 is 0. The van der Waals surface area contributed by atoms with Gasteiger partial charge in [0.1, 0.15) is 0 Å². The molecule has 0 atom stereocenters. The lowest BCUT2D eigenvalue weighted by atomic mass is 10.1. The maximum atomic E-state index is 12.0. The van der Waals surface area contributed by atoms with Crippen LogP contribution in [0, 0.1) is 10.1 Å². The molecule has 0 aliphatic carbocycles. The van der Waals surface area contributed by atoms with Gasteiger partial charge in [0.05, 0.1) is 11.3 Å². The molecule has 0 radical (unpaired) electrons. The monoisotopic (exact) mass is 368 g/mol. The lowest BCUT2D eigenvalue weighted by molar-refractivity contribution is -0.385. The molecule has 2 amide bonds. The standard InChI is InChI=1S/C18H16N4O5/c23-17(9-12-10-19-14-6-2-1-5-13(12)14)20-21-18(24)11-27-16-8-4-3-7-15(16)22(25)26/h1-8,10,19H,9,11H2,(H,20,23)(H,21,24). The molecule has 1 aromatic heterocycles. The van der Waals surface area contributed by atoms with Gasteiger partial charge in [0.25, 0.3) is 5.91 Å². The smallest absolute Gasteiger partial charge is 0.310 e. The predicted molar refractivity (Wildman–Crippen MR) is 96.9 cm³/mol. The predicted octanol–water partition coefficient (Wildman–Crippen LogP) is 1.84. The van der Waals surface area contributed by atoms with Gasteiger partial charge >= 0.3 is 5.69 Å². The lowest BCUT2D eigenvalue weighted by Crippen LogP contribution is -2.44. The number of rotatable bonds is 6. The molecule has 0 spiro atoms. The number of para-hydroxylation sites is 3. The average molecular weight is 368 g/mol. The number of carbonyl (C=O) groups is 2. The number of amides is 2. The first-order chi connectivity index (χ1) is 13.0. The van der Waals surface area contributed by atoms with Crippen LogP contribution in [-0.4, -0.2) is 28.3 Å². The number of fused-ring (bicyclic) bond motifs is 1. The van der Waals surface area contributed by atoms with Gasteiger partial charge in [0.15, 0.2) is 12.4 Å². The van der Waals surface area contributed by atoms with Crippen molar-refractivity contribution in [2.45, 2.75) is 6.42 Å². The number of hydrogen-bond acceptors (Lipinski definition) is 5. The zero-order valence-electron chi connectivity index (χ0n) is 14.1. The van der Waals surface area contributed by atoms with Crippen LogP contribution in [0.5, 0.6) is 5.75 Å². The van der Waals surface area contributed by atoms with Crippen molar-refractivity contribution in [3.8, 4) is 5.75 Å². The summed E-state index contributed by atoms with van der Waals surface area (Å²) in [5.41, 5.74) is 5.99. The summed E-state index contributed by atoms with van der Waals surface area (Å²) in [6.45, 7) is -0.474. The van der Waals surface area contributed by atoms with E-state index in [2.05, 4.69) is 15.8 Å². The van der Waals surface area contributed by atoms with Crippen molar-refractivity contribution in [3.63, 3.8) is 0 Å². The minimum Gasteiger partial charge on any atom is -0.477 e. The van der Waals surface area contributed by atoms with E-state index in [1.807, 2.05) is 24.3 Å². The normalized spacial score (nSPS) is 10.4. The molecule has 0 aliphatic heterocycles. The van der Waals surface area contributed by atoms with E-state index >= 15 is 0 Å². The van der Waals surface area contributed by atoms with Crippen molar-refractivity contribution < 1.29 is 19.2 Å². The minimum absolute atomic E-state index is 0.0252. The second-order valence-corrected chi connectivity index (χ2v) is 5.65. The van der Waals surface area contributed by atoms with Crippen molar-refractivity contribution in [3.05, 3.63) is 70.4 Å². The molecule has 27 heavy (non-hydrogen) atoms. The van der Waals surface area contributed by atoms with Crippen LogP contribution >= 0.6 is 0 Å². The van der Waals surface area contributed by atoms with Gasteiger partial charge < -0.3 is 9.72 Å². The second kappa shape index (κ2) is 8.00. The number of nitro benzene ring substituents is 1. The van der Waals surface area contributed by atoms with E-state index in [0.717, 1.165) is 16.5 Å². The summed E-state index contributed by atoms with van der Waals surface area (Å²) in [7, 11) is 0. The van der Waals surface area contributed by atoms with Crippen LogP contribution in [0.25, 0.3) is 10.9 Å². The number of nitrogens with one attached hydrogen (secondary N) is 3. The van der Waals surface area contributed by atoms with Gasteiger partial charge in [-0.2, -0.15) is 0 Å². The fourth-order valence-electron chi connectivity index (χ4n) is 2.54. The fourth-order valence-corrected chi connectivity index (χ4v) is 2.54. The Bertz CT molecular complexity index is 998. The summed E-state index contributed by atoms with van der Waals surface area (Å²) in [5.74, 6) is -1.07. The number of hydrogen-bond donors (Lipinski definition) is 3. The summed E-state index contributed by atoms with van der Waals surface area (Å²) in [6, 6.07) is 13.3. The molecule has 3 rings (SSSR count). The third-order valence-electron chi connectivity index (χ3n) is 3.79. The van der Waals surface area contributed by atoms with Gasteiger partial charge in [0.2, 0.25) is 5.91 Å². The van der Waals surface area contributed by atoms with Gasteiger partial charge in [-0.25, -0.2) is 0 Å². The molecule has 3 aromatic rings. The van der Waals surface area contributed by atoms with Crippen LogP contribution in [0.1, 0.15) is 5.56 Å². The highest BCUT2D eigenvalue weighted by Crippen LogP contribution is 2.25. The molecule has 3 N–H and O–H groups in total. The molecule has 0 bridgehead atoms. The van der Waals surface area contributed by atoms with Crippen LogP contribution in [0.2, 0.25) is 0 Å². The minimum atomic E-state index is -0.638. The van der Waals surface area contributed by atoms with Crippen LogP contribution < -0.4 is 15.6 Å². The summed E-state index contributed by atoms with van der Waals surface area (Å²) < 4.78 is 5.15. The Balaban J connectivity index is 1.49. The Hall–Kier alpha value is -3.88. The Morgan fingerprint density at radius 3 is 2.56 bits per heavy atom. The van der Waals surface area contributed by atoms with Gasteiger partial charge in [0, 0.05) is 23.2 Å². The fraction of sp³-hybridized carbons (Fsp3) is 0.111. The van der Waals surface area contributed by atoms with E-state index in [1.165, 1.54) is 18.2 Å². The van der Waals surface area contributed by atoms with E-state index in [1.54, 1.807) is 12.3 Å². The molecule has 0 aliphatic rings. The third kappa shape index (κ3) is 4.40. The number of carbonyl (C=O) groups excluding carboxylic acids is 2.